The third-order valence-electron chi connectivity index (χ3n) is 3.57. The average Bonchev–Trinajstić information content (AvgIpc) is 3.04. The molecule has 1 aromatic carbocycles. The lowest BCUT2D eigenvalue weighted by Crippen LogP contribution is -2.35. The number of hydrogen-bond donors (Lipinski definition) is 3. The Hall–Kier alpha value is -1.63. The minimum atomic E-state index is -3.54. The van der Waals surface area contributed by atoms with E-state index >= 15 is 0 Å². The van der Waals surface area contributed by atoms with Gasteiger partial charge in [-0.2, -0.15) is 0 Å². The Labute approximate surface area is 117 Å². The molecule has 0 fully saturated rings. The molecule has 0 atom stereocenters. The van der Waals surface area contributed by atoms with E-state index in [9.17, 15) is 8.42 Å². The van der Waals surface area contributed by atoms with Crippen molar-refractivity contribution >= 4 is 10.0 Å². The second kappa shape index (κ2) is 5.05. The van der Waals surface area contributed by atoms with Gasteiger partial charge in [-0.3, -0.25) is 0 Å². The van der Waals surface area contributed by atoms with Crippen LogP contribution in [0.2, 0.25) is 0 Å². The standard InChI is InChI=1S/C14H16N2O3S/c17-9-13-7-14(8-15-13)20(18,19)16-12-5-10-3-1-2-4-11(10)6-12/h1-4,7-8,12,15-17H,5-6,9H2. The molecule has 106 valence electrons. The molecule has 1 aliphatic rings. The maximum atomic E-state index is 12.3. The number of hydrogen-bond acceptors (Lipinski definition) is 3. The highest BCUT2D eigenvalue weighted by atomic mass is 32.2. The summed E-state index contributed by atoms with van der Waals surface area (Å²) < 4.78 is 27.2. The molecule has 0 amide bonds. The Balaban J connectivity index is 1.75. The molecule has 2 aromatic rings. The number of nitrogens with one attached hydrogen (secondary N) is 2. The Morgan fingerprint density at radius 2 is 1.90 bits per heavy atom. The Bertz CT molecular complexity index is 697. The van der Waals surface area contributed by atoms with Gasteiger partial charge in [0.25, 0.3) is 0 Å². The summed E-state index contributed by atoms with van der Waals surface area (Å²) in [5.41, 5.74) is 2.88. The van der Waals surface area contributed by atoms with Crippen LogP contribution in [0.15, 0.2) is 41.4 Å². The fraction of sp³-hybridized carbons (Fsp3) is 0.286. The number of benzene rings is 1. The normalized spacial score (nSPS) is 15.4. The summed E-state index contributed by atoms with van der Waals surface area (Å²) in [6.45, 7) is -0.204. The van der Waals surface area contributed by atoms with Crippen LogP contribution in [0.4, 0.5) is 0 Å². The van der Waals surface area contributed by atoms with Crippen molar-refractivity contribution in [3.63, 3.8) is 0 Å². The van der Waals surface area contributed by atoms with Gasteiger partial charge in [-0.1, -0.05) is 24.3 Å². The quantitative estimate of drug-likeness (QED) is 0.785. The highest BCUT2D eigenvalue weighted by Gasteiger charge is 2.26. The number of sulfonamides is 1. The fourth-order valence-corrected chi connectivity index (χ4v) is 3.85. The largest absolute Gasteiger partial charge is 0.390 e. The molecule has 1 aliphatic carbocycles. The van der Waals surface area contributed by atoms with Crippen molar-refractivity contribution in [1.82, 2.24) is 9.71 Å². The van der Waals surface area contributed by atoms with Crippen molar-refractivity contribution in [2.75, 3.05) is 0 Å². The summed E-state index contributed by atoms with van der Waals surface area (Å²) in [6.07, 6.45) is 2.83. The summed E-state index contributed by atoms with van der Waals surface area (Å²) in [5.74, 6) is 0. The molecule has 5 nitrogen and oxygen atoms in total. The maximum absolute atomic E-state index is 12.3. The summed E-state index contributed by atoms with van der Waals surface area (Å²) in [4.78, 5) is 2.90. The van der Waals surface area contributed by atoms with E-state index in [0.29, 0.717) is 18.5 Å². The zero-order valence-electron chi connectivity index (χ0n) is 10.8. The van der Waals surface area contributed by atoms with E-state index in [1.54, 1.807) is 0 Å². The van der Waals surface area contributed by atoms with E-state index in [4.69, 9.17) is 5.11 Å². The molecule has 1 heterocycles. The highest BCUT2D eigenvalue weighted by Crippen LogP contribution is 2.23. The number of aliphatic hydroxyl groups is 1. The van der Waals surface area contributed by atoms with E-state index < -0.39 is 10.0 Å². The van der Waals surface area contributed by atoms with Gasteiger partial charge in [-0.15, -0.1) is 0 Å². The Morgan fingerprint density at radius 1 is 1.25 bits per heavy atom. The molecule has 0 unspecified atom stereocenters. The van der Waals surface area contributed by atoms with Gasteiger partial charge in [0.2, 0.25) is 10.0 Å². The molecule has 6 heteroatoms. The first-order valence-corrected chi connectivity index (χ1v) is 7.94. The van der Waals surface area contributed by atoms with E-state index in [1.807, 2.05) is 24.3 Å². The number of aromatic nitrogens is 1. The first kappa shape index (κ1) is 13.4. The number of fused-ring (bicyclic) bond motifs is 1. The molecule has 3 rings (SSSR count). The second-order valence-corrected chi connectivity index (χ2v) is 6.73. The second-order valence-electron chi connectivity index (χ2n) is 5.01. The van der Waals surface area contributed by atoms with Gasteiger partial charge >= 0.3 is 0 Å². The Kier molecular flexibility index (Phi) is 3.37. The summed E-state index contributed by atoms with van der Waals surface area (Å²) in [7, 11) is -3.54. The molecule has 20 heavy (non-hydrogen) atoms. The number of aliphatic hydroxyl groups excluding tert-OH is 1. The predicted octanol–water partition coefficient (Wildman–Crippen LogP) is 0.953. The third kappa shape index (κ3) is 2.49. The molecule has 0 bridgehead atoms. The predicted molar refractivity (Wildman–Crippen MR) is 74.7 cm³/mol. The van der Waals surface area contributed by atoms with Gasteiger partial charge in [0.15, 0.2) is 0 Å². The van der Waals surface area contributed by atoms with Crippen LogP contribution in [0, 0.1) is 0 Å². The first-order valence-electron chi connectivity index (χ1n) is 6.46. The van der Waals surface area contributed by atoms with Crippen molar-refractivity contribution < 1.29 is 13.5 Å². The number of rotatable bonds is 4. The molecular formula is C14H16N2O3S. The van der Waals surface area contributed by atoms with Crippen molar-refractivity contribution in [2.24, 2.45) is 0 Å². The van der Waals surface area contributed by atoms with Crippen LogP contribution in [0.25, 0.3) is 0 Å². The SMILES string of the molecule is O=S(=O)(NC1Cc2ccccc2C1)c1c[nH]c(CO)c1. The van der Waals surface area contributed by atoms with Crippen LogP contribution in [0.5, 0.6) is 0 Å². The van der Waals surface area contributed by atoms with Crippen LogP contribution in [0.3, 0.4) is 0 Å². The minimum Gasteiger partial charge on any atom is -0.390 e. The molecule has 0 saturated carbocycles. The van der Waals surface area contributed by atoms with Crippen molar-refractivity contribution in [2.45, 2.75) is 30.4 Å². The summed E-state index contributed by atoms with van der Waals surface area (Å²) >= 11 is 0. The number of H-pyrrole nitrogens is 1. The molecule has 0 radical (unpaired) electrons. The van der Waals surface area contributed by atoms with Gasteiger partial charge in [-0.05, 0) is 30.0 Å². The Morgan fingerprint density at radius 3 is 2.45 bits per heavy atom. The monoisotopic (exact) mass is 292 g/mol. The van der Waals surface area contributed by atoms with Gasteiger partial charge in [-0.25, -0.2) is 13.1 Å². The van der Waals surface area contributed by atoms with E-state index in [-0.39, 0.29) is 17.5 Å². The van der Waals surface area contributed by atoms with Crippen molar-refractivity contribution in [3.05, 3.63) is 53.3 Å². The lowest BCUT2D eigenvalue weighted by molar-refractivity contribution is 0.277. The van der Waals surface area contributed by atoms with Gasteiger partial charge in [0.1, 0.15) is 0 Å². The lowest BCUT2D eigenvalue weighted by atomic mass is 10.1. The van der Waals surface area contributed by atoms with Crippen molar-refractivity contribution in [3.8, 4) is 0 Å². The molecular weight excluding hydrogens is 276 g/mol. The van der Waals surface area contributed by atoms with Crippen LogP contribution < -0.4 is 4.72 Å². The zero-order chi connectivity index (χ0) is 14.2. The number of aromatic amines is 1. The van der Waals surface area contributed by atoms with Crippen molar-refractivity contribution in [1.29, 1.82) is 0 Å². The molecule has 3 N–H and O–H groups in total. The van der Waals surface area contributed by atoms with Crippen LogP contribution in [0.1, 0.15) is 16.8 Å². The summed E-state index contributed by atoms with van der Waals surface area (Å²) in [5, 5.41) is 8.97. The fourth-order valence-electron chi connectivity index (χ4n) is 2.59. The van der Waals surface area contributed by atoms with Gasteiger partial charge in [0, 0.05) is 17.9 Å². The van der Waals surface area contributed by atoms with Crippen LogP contribution in [-0.4, -0.2) is 24.6 Å². The molecule has 0 spiro atoms. The molecule has 0 aliphatic heterocycles. The maximum Gasteiger partial charge on any atom is 0.242 e. The highest BCUT2D eigenvalue weighted by molar-refractivity contribution is 7.89. The minimum absolute atomic E-state index is 0.107. The van der Waals surface area contributed by atoms with Gasteiger partial charge < -0.3 is 10.1 Å². The van der Waals surface area contributed by atoms with E-state index in [2.05, 4.69) is 9.71 Å². The third-order valence-corrected chi connectivity index (χ3v) is 5.07. The van der Waals surface area contributed by atoms with Crippen LogP contribution in [-0.2, 0) is 29.5 Å². The van der Waals surface area contributed by atoms with Crippen LogP contribution >= 0.6 is 0 Å². The van der Waals surface area contributed by atoms with Gasteiger partial charge in [0.05, 0.1) is 11.5 Å². The smallest absolute Gasteiger partial charge is 0.242 e. The van der Waals surface area contributed by atoms with E-state index in [0.717, 1.165) is 0 Å². The zero-order valence-corrected chi connectivity index (χ0v) is 11.7. The first-order chi connectivity index (χ1) is 9.58. The van der Waals surface area contributed by atoms with E-state index in [1.165, 1.54) is 23.4 Å². The average molecular weight is 292 g/mol. The summed E-state index contributed by atoms with van der Waals surface area (Å²) in [6, 6.07) is 9.34. The lowest BCUT2D eigenvalue weighted by Gasteiger charge is -2.11. The topological polar surface area (TPSA) is 82.2 Å². The molecule has 0 saturated heterocycles. The molecule has 1 aromatic heterocycles.